The molecule has 3 rings (SSSR count). The Balaban J connectivity index is 1.78. The molecule has 0 bridgehead atoms. The summed E-state index contributed by atoms with van der Waals surface area (Å²) in [6.45, 7) is -1.11. The van der Waals surface area contributed by atoms with Gasteiger partial charge in [-0.05, 0) is 0 Å². The molecule has 0 spiro atoms. The van der Waals surface area contributed by atoms with Crippen LogP contribution in [0.25, 0.3) is 11.2 Å². The summed E-state index contributed by atoms with van der Waals surface area (Å²) in [6.07, 6.45) is 2.36. The maximum atomic E-state index is 13.6. The van der Waals surface area contributed by atoms with Crippen LogP contribution in [0.2, 0.25) is 0 Å². The minimum absolute atomic E-state index is 0.0148. The van der Waals surface area contributed by atoms with Crippen molar-refractivity contribution in [3.8, 4) is 12.3 Å². The zero-order valence-corrected chi connectivity index (χ0v) is 18.6. The Bertz CT molecular complexity index is 1260. The first kappa shape index (κ1) is 25.8. The highest BCUT2D eigenvalue weighted by Gasteiger charge is 2.51. The standard InChI is InChI=1S/C12H15FN5O12P3/c1-2-12(4-27-32(23,24)30-33(25,26)29-31(20,21)22)6(19)3-7(28-12)18-5-15-8-9(14)16-11(13)17-10(8)18/h1,5-7,19H,3-4H2,(H,23,24)(H,25,26)(H2,14,16,17)(H2,20,21,22)/t6?,7-,12-/m1/s1. The lowest BCUT2D eigenvalue weighted by Gasteiger charge is -2.27. The van der Waals surface area contributed by atoms with Crippen molar-refractivity contribution in [2.75, 3.05) is 12.3 Å². The second-order valence-corrected chi connectivity index (χ2v) is 10.8. The molecule has 1 fully saturated rings. The molecule has 7 N–H and O–H groups in total. The number of ether oxygens (including phenoxy) is 1. The van der Waals surface area contributed by atoms with Crippen LogP contribution in [-0.2, 0) is 31.6 Å². The van der Waals surface area contributed by atoms with Crippen molar-refractivity contribution in [2.45, 2.75) is 24.4 Å². The molecule has 33 heavy (non-hydrogen) atoms. The average molecular weight is 533 g/mol. The average Bonchev–Trinajstić information content (AvgIpc) is 3.18. The topological polar surface area (TPSA) is 259 Å². The minimum Gasteiger partial charge on any atom is -0.389 e. The van der Waals surface area contributed by atoms with Gasteiger partial charge in [0.2, 0.25) is 0 Å². The van der Waals surface area contributed by atoms with Crippen LogP contribution in [0.5, 0.6) is 0 Å². The fourth-order valence-corrected chi connectivity index (χ4v) is 5.87. The maximum Gasteiger partial charge on any atom is 0.490 e. The molecule has 1 saturated heterocycles. The van der Waals surface area contributed by atoms with E-state index in [2.05, 4.69) is 28.1 Å². The van der Waals surface area contributed by atoms with Crippen molar-refractivity contribution in [2.24, 2.45) is 0 Å². The van der Waals surface area contributed by atoms with E-state index in [0.29, 0.717) is 0 Å². The van der Waals surface area contributed by atoms with E-state index in [1.54, 1.807) is 0 Å². The number of hydrogen-bond donors (Lipinski definition) is 6. The van der Waals surface area contributed by atoms with Crippen molar-refractivity contribution in [1.82, 2.24) is 19.5 Å². The SMILES string of the molecule is C#C[C@]1(COP(=O)(O)OP(=O)(O)OP(=O)(O)O)O[C@@H](n2cnc3c(N)nc(F)nc32)CC1O. The van der Waals surface area contributed by atoms with Crippen LogP contribution < -0.4 is 5.73 Å². The van der Waals surface area contributed by atoms with Gasteiger partial charge < -0.3 is 35.2 Å². The van der Waals surface area contributed by atoms with Crippen LogP contribution in [0.4, 0.5) is 10.2 Å². The van der Waals surface area contributed by atoms with Gasteiger partial charge in [-0.15, -0.1) is 6.42 Å². The third-order valence-electron chi connectivity index (χ3n) is 4.14. The third kappa shape index (κ3) is 5.81. The lowest BCUT2D eigenvalue weighted by Crippen LogP contribution is -2.42. The molecular formula is C12H15FN5O12P3. The maximum absolute atomic E-state index is 13.6. The van der Waals surface area contributed by atoms with E-state index < -0.39 is 54.1 Å². The van der Waals surface area contributed by atoms with Gasteiger partial charge in [0, 0.05) is 6.42 Å². The van der Waals surface area contributed by atoms with E-state index in [1.807, 2.05) is 5.92 Å². The highest BCUT2D eigenvalue weighted by molar-refractivity contribution is 7.66. The second-order valence-electron chi connectivity index (χ2n) is 6.42. The molecular weight excluding hydrogens is 518 g/mol. The molecule has 0 saturated carbocycles. The number of nitrogen functional groups attached to an aromatic ring is 1. The number of aromatic nitrogens is 4. The molecule has 0 aromatic carbocycles. The first-order chi connectivity index (χ1) is 15.1. The fourth-order valence-electron chi connectivity index (χ4n) is 2.83. The highest BCUT2D eigenvalue weighted by Crippen LogP contribution is 2.66. The van der Waals surface area contributed by atoms with Crippen molar-refractivity contribution in [3.05, 3.63) is 12.4 Å². The number of aliphatic hydroxyl groups excluding tert-OH is 1. The summed E-state index contributed by atoms with van der Waals surface area (Å²) >= 11 is 0. The molecule has 0 amide bonds. The normalized spacial score (nSPS) is 27.2. The van der Waals surface area contributed by atoms with Crippen LogP contribution in [0.15, 0.2) is 6.33 Å². The Morgan fingerprint density at radius 1 is 1.27 bits per heavy atom. The largest absolute Gasteiger partial charge is 0.490 e. The van der Waals surface area contributed by atoms with Crippen molar-refractivity contribution >= 4 is 40.4 Å². The van der Waals surface area contributed by atoms with Crippen molar-refractivity contribution in [3.63, 3.8) is 0 Å². The summed E-state index contributed by atoms with van der Waals surface area (Å²) in [5.74, 6) is 1.75. The fraction of sp³-hybridized carbons (Fsp3) is 0.417. The van der Waals surface area contributed by atoms with Gasteiger partial charge in [0.15, 0.2) is 22.6 Å². The second kappa shape index (κ2) is 8.75. The van der Waals surface area contributed by atoms with Gasteiger partial charge in [0.25, 0.3) is 0 Å². The molecule has 1 aliphatic rings. The Labute approximate surface area is 182 Å². The summed E-state index contributed by atoms with van der Waals surface area (Å²) in [4.78, 5) is 46.6. The number of anilines is 1. The Kier molecular flexibility index (Phi) is 6.84. The van der Waals surface area contributed by atoms with Gasteiger partial charge in [0.1, 0.15) is 18.9 Å². The zero-order chi connectivity index (χ0) is 24.8. The van der Waals surface area contributed by atoms with E-state index in [9.17, 15) is 33.0 Å². The smallest absolute Gasteiger partial charge is 0.389 e. The van der Waals surface area contributed by atoms with Gasteiger partial charge in [-0.2, -0.15) is 23.0 Å². The van der Waals surface area contributed by atoms with Crippen molar-refractivity contribution < 1.29 is 60.6 Å². The number of nitrogens with two attached hydrogens (primary N) is 1. The molecule has 0 aliphatic carbocycles. The number of fused-ring (bicyclic) bond motifs is 1. The number of terminal acetylenes is 1. The quantitative estimate of drug-likeness (QED) is 0.142. The molecule has 3 unspecified atom stereocenters. The number of nitrogens with zero attached hydrogens (tertiary/aromatic N) is 4. The molecule has 17 nitrogen and oxygen atoms in total. The van der Waals surface area contributed by atoms with Crippen LogP contribution in [0, 0.1) is 18.4 Å². The molecule has 21 heteroatoms. The van der Waals surface area contributed by atoms with Gasteiger partial charge in [-0.1, -0.05) is 5.92 Å². The van der Waals surface area contributed by atoms with Gasteiger partial charge in [-0.3, -0.25) is 9.09 Å². The number of halogens is 1. The number of rotatable bonds is 8. The van der Waals surface area contributed by atoms with Gasteiger partial charge in [0.05, 0.1) is 6.33 Å². The third-order valence-corrected chi connectivity index (χ3v) is 7.93. The highest BCUT2D eigenvalue weighted by atomic mass is 31.3. The summed E-state index contributed by atoms with van der Waals surface area (Å²) in [6, 6.07) is 0. The lowest BCUT2D eigenvalue weighted by atomic mass is 9.99. The van der Waals surface area contributed by atoms with Crippen LogP contribution in [0.1, 0.15) is 12.6 Å². The molecule has 182 valence electrons. The summed E-state index contributed by atoms with van der Waals surface area (Å²) < 4.78 is 66.0. The lowest BCUT2D eigenvalue weighted by molar-refractivity contribution is -0.0874. The van der Waals surface area contributed by atoms with Crippen LogP contribution in [0.3, 0.4) is 0 Å². The summed E-state index contributed by atoms with van der Waals surface area (Å²) in [7, 11) is -16.9. The predicted octanol–water partition coefficient (Wildman–Crippen LogP) is -0.457. The van der Waals surface area contributed by atoms with Crippen LogP contribution >= 0.6 is 23.5 Å². The molecule has 2 aromatic heterocycles. The van der Waals surface area contributed by atoms with E-state index in [1.165, 1.54) is 0 Å². The number of phosphoric acid groups is 3. The van der Waals surface area contributed by atoms with Gasteiger partial charge in [-0.25, -0.2) is 18.7 Å². The van der Waals surface area contributed by atoms with Crippen LogP contribution in [-0.4, -0.2) is 62.5 Å². The monoisotopic (exact) mass is 533 g/mol. The zero-order valence-electron chi connectivity index (χ0n) is 15.9. The Morgan fingerprint density at radius 2 is 1.94 bits per heavy atom. The molecule has 2 aromatic rings. The van der Waals surface area contributed by atoms with E-state index in [0.717, 1.165) is 10.9 Å². The van der Waals surface area contributed by atoms with Crippen molar-refractivity contribution in [1.29, 1.82) is 0 Å². The number of hydrogen-bond acceptors (Lipinski definition) is 12. The number of aliphatic hydroxyl groups is 1. The minimum atomic E-state index is -5.76. The summed E-state index contributed by atoms with van der Waals surface area (Å²) in [5, 5.41) is 10.4. The van der Waals surface area contributed by atoms with E-state index in [-0.39, 0.29) is 23.4 Å². The number of imidazole rings is 1. The number of phosphoric ester groups is 1. The van der Waals surface area contributed by atoms with Gasteiger partial charge >= 0.3 is 29.5 Å². The molecule has 0 radical (unpaired) electrons. The Hall–Kier alpha value is -1.83. The first-order valence-electron chi connectivity index (χ1n) is 8.34. The van der Waals surface area contributed by atoms with E-state index in [4.69, 9.17) is 26.7 Å². The summed E-state index contributed by atoms with van der Waals surface area (Å²) in [5.41, 5.74) is 3.34. The predicted molar refractivity (Wildman–Crippen MR) is 102 cm³/mol. The molecule has 3 heterocycles. The molecule has 1 aliphatic heterocycles. The first-order valence-corrected chi connectivity index (χ1v) is 12.9. The Morgan fingerprint density at radius 3 is 2.55 bits per heavy atom. The molecule has 5 atom stereocenters. The van der Waals surface area contributed by atoms with E-state index >= 15 is 0 Å².